The van der Waals surface area contributed by atoms with Crippen molar-refractivity contribution in [3.63, 3.8) is 0 Å². The quantitative estimate of drug-likeness (QED) is 0.401. The van der Waals surface area contributed by atoms with Crippen LogP contribution in [-0.4, -0.2) is 16.0 Å². The van der Waals surface area contributed by atoms with Crippen LogP contribution in [-0.2, 0) is 6.54 Å². The van der Waals surface area contributed by atoms with Gasteiger partial charge in [-0.3, -0.25) is 4.68 Å². The number of aromatic nitrogens is 2. The van der Waals surface area contributed by atoms with Gasteiger partial charge in [0, 0.05) is 6.20 Å². The molecule has 0 spiro atoms. The van der Waals surface area contributed by atoms with Crippen LogP contribution in [0.5, 0.6) is 0 Å². The third-order valence-corrected chi connectivity index (χ3v) is 4.28. The van der Waals surface area contributed by atoms with Crippen LogP contribution in [0.3, 0.4) is 0 Å². The maximum absolute atomic E-state index is 12.5. The average Bonchev–Trinajstić information content (AvgIpc) is 2.91. The van der Waals surface area contributed by atoms with Crippen LogP contribution in [0.15, 0.2) is 12.4 Å². The van der Waals surface area contributed by atoms with Gasteiger partial charge >= 0.3 is 6.18 Å². The Bertz CT molecular complexity index is 401. The van der Waals surface area contributed by atoms with Crippen molar-refractivity contribution in [2.45, 2.75) is 96.7 Å². The Morgan fingerprint density at radius 1 is 0.957 bits per heavy atom. The number of hydrogen-bond acceptors (Lipinski definition) is 1. The molecule has 0 unspecified atom stereocenters. The summed E-state index contributed by atoms with van der Waals surface area (Å²) in [7, 11) is 0. The second kappa shape index (κ2) is 10.7. The van der Waals surface area contributed by atoms with Crippen LogP contribution >= 0.6 is 0 Å². The number of rotatable bonds is 12. The van der Waals surface area contributed by atoms with E-state index in [1.807, 2.05) is 0 Å². The van der Waals surface area contributed by atoms with Gasteiger partial charge in [0.1, 0.15) is 6.54 Å². The van der Waals surface area contributed by atoms with Gasteiger partial charge in [-0.05, 0) is 24.3 Å². The van der Waals surface area contributed by atoms with E-state index in [0.29, 0.717) is 5.92 Å². The average molecular weight is 332 g/mol. The molecule has 0 bridgehead atoms. The Balaban J connectivity index is 2.58. The van der Waals surface area contributed by atoms with Gasteiger partial charge in [0.2, 0.25) is 0 Å². The molecule has 1 heterocycles. The Kier molecular flexibility index (Phi) is 9.34. The second-order valence-electron chi connectivity index (χ2n) is 6.48. The van der Waals surface area contributed by atoms with Gasteiger partial charge in [-0.25, -0.2) is 0 Å². The van der Waals surface area contributed by atoms with E-state index in [-0.39, 0.29) is 0 Å². The van der Waals surface area contributed by atoms with E-state index in [0.717, 1.165) is 35.9 Å². The van der Waals surface area contributed by atoms with Crippen LogP contribution in [0.25, 0.3) is 0 Å². The Morgan fingerprint density at radius 2 is 1.52 bits per heavy atom. The van der Waals surface area contributed by atoms with Crippen LogP contribution in [0, 0.1) is 0 Å². The minimum absolute atomic E-state index is 0.352. The lowest BCUT2D eigenvalue weighted by Gasteiger charge is -2.15. The first kappa shape index (κ1) is 20.0. The van der Waals surface area contributed by atoms with E-state index < -0.39 is 12.7 Å². The van der Waals surface area contributed by atoms with E-state index in [9.17, 15) is 13.2 Å². The van der Waals surface area contributed by atoms with Crippen molar-refractivity contribution in [1.29, 1.82) is 0 Å². The normalized spacial score (nSPS) is 12.3. The van der Waals surface area contributed by atoms with E-state index in [2.05, 4.69) is 18.9 Å². The first-order valence-corrected chi connectivity index (χ1v) is 9.05. The van der Waals surface area contributed by atoms with Gasteiger partial charge in [-0.2, -0.15) is 18.3 Å². The highest BCUT2D eigenvalue weighted by Gasteiger charge is 2.28. The van der Waals surface area contributed by atoms with Gasteiger partial charge < -0.3 is 0 Å². The van der Waals surface area contributed by atoms with E-state index in [4.69, 9.17) is 0 Å². The fourth-order valence-electron chi connectivity index (χ4n) is 2.97. The van der Waals surface area contributed by atoms with Crippen LogP contribution in [0.4, 0.5) is 13.2 Å². The standard InChI is InChI=1S/C18H31F3N2/c1-3-5-7-9-11-16(12-10-8-6-4-2)17-13-22-23(14-17)15-18(19,20)21/h13-14,16H,3-12,15H2,1-2H3. The lowest BCUT2D eigenvalue weighted by molar-refractivity contribution is -0.142. The lowest BCUT2D eigenvalue weighted by Crippen LogP contribution is -2.17. The fraction of sp³-hybridized carbons (Fsp3) is 0.833. The van der Waals surface area contributed by atoms with Crippen molar-refractivity contribution in [2.24, 2.45) is 0 Å². The first-order valence-electron chi connectivity index (χ1n) is 9.05. The molecule has 0 amide bonds. The Labute approximate surface area is 138 Å². The molecule has 134 valence electrons. The highest BCUT2D eigenvalue weighted by Crippen LogP contribution is 2.29. The van der Waals surface area contributed by atoms with Gasteiger partial charge in [0.25, 0.3) is 0 Å². The molecular formula is C18H31F3N2. The number of nitrogens with zero attached hydrogens (tertiary/aromatic N) is 2. The largest absolute Gasteiger partial charge is 0.408 e. The van der Waals surface area contributed by atoms with E-state index >= 15 is 0 Å². The van der Waals surface area contributed by atoms with Gasteiger partial charge in [0.15, 0.2) is 0 Å². The van der Waals surface area contributed by atoms with Gasteiger partial charge in [-0.1, -0.05) is 65.2 Å². The molecule has 5 heteroatoms. The summed E-state index contributed by atoms with van der Waals surface area (Å²) >= 11 is 0. The molecule has 1 aromatic rings. The molecule has 0 atom stereocenters. The smallest absolute Gasteiger partial charge is 0.263 e. The summed E-state index contributed by atoms with van der Waals surface area (Å²) in [6.07, 6.45) is 10.7. The molecule has 0 aliphatic rings. The Morgan fingerprint density at radius 3 is 2.00 bits per heavy atom. The van der Waals surface area contributed by atoms with E-state index in [1.165, 1.54) is 38.5 Å². The number of hydrogen-bond donors (Lipinski definition) is 0. The molecule has 0 saturated carbocycles. The van der Waals surface area contributed by atoms with Crippen molar-refractivity contribution >= 4 is 0 Å². The number of alkyl halides is 3. The fourth-order valence-corrected chi connectivity index (χ4v) is 2.97. The topological polar surface area (TPSA) is 17.8 Å². The molecule has 0 fully saturated rings. The molecule has 0 aliphatic heterocycles. The first-order chi connectivity index (χ1) is 11.0. The SMILES string of the molecule is CCCCCCC(CCCCCC)c1cnn(CC(F)(F)F)c1. The summed E-state index contributed by atoms with van der Waals surface area (Å²) in [4.78, 5) is 0. The highest BCUT2D eigenvalue weighted by atomic mass is 19.4. The van der Waals surface area contributed by atoms with Crippen molar-refractivity contribution in [3.8, 4) is 0 Å². The molecular weight excluding hydrogens is 301 g/mol. The van der Waals surface area contributed by atoms with Gasteiger partial charge in [0.05, 0.1) is 6.20 Å². The molecule has 1 rings (SSSR count). The maximum atomic E-state index is 12.5. The van der Waals surface area contributed by atoms with E-state index in [1.54, 1.807) is 12.4 Å². The zero-order valence-electron chi connectivity index (χ0n) is 14.5. The van der Waals surface area contributed by atoms with Crippen molar-refractivity contribution in [1.82, 2.24) is 9.78 Å². The molecule has 0 aliphatic carbocycles. The minimum Gasteiger partial charge on any atom is -0.263 e. The summed E-state index contributed by atoms with van der Waals surface area (Å²) in [5.41, 5.74) is 0.974. The predicted molar refractivity (Wildman–Crippen MR) is 88.5 cm³/mol. The maximum Gasteiger partial charge on any atom is 0.408 e. The van der Waals surface area contributed by atoms with Crippen LogP contribution < -0.4 is 0 Å². The third kappa shape index (κ3) is 9.01. The predicted octanol–water partition coefficient (Wildman–Crippen LogP) is 6.47. The zero-order valence-corrected chi connectivity index (χ0v) is 14.5. The van der Waals surface area contributed by atoms with Crippen molar-refractivity contribution in [2.75, 3.05) is 0 Å². The summed E-state index contributed by atoms with van der Waals surface area (Å²) in [6.45, 7) is 3.37. The molecule has 1 aromatic heterocycles. The summed E-state index contributed by atoms with van der Waals surface area (Å²) < 4.78 is 38.4. The second-order valence-corrected chi connectivity index (χ2v) is 6.48. The molecule has 0 radical (unpaired) electrons. The number of unbranched alkanes of at least 4 members (excludes halogenated alkanes) is 6. The third-order valence-electron chi connectivity index (χ3n) is 4.28. The summed E-state index contributed by atoms with van der Waals surface area (Å²) in [5, 5.41) is 3.91. The highest BCUT2D eigenvalue weighted by molar-refractivity contribution is 5.11. The van der Waals surface area contributed by atoms with Crippen LogP contribution in [0.1, 0.15) is 89.5 Å². The molecule has 2 nitrogen and oxygen atoms in total. The Hall–Kier alpha value is -1.00. The summed E-state index contributed by atoms with van der Waals surface area (Å²) in [5.74, 6) is 0.352. The lowest BCUT2D eigenvalue weighted by atomic mass is 9.90. The molecule has 0 N–H and O–H groups in total. The van der Waals surface area contributed by atoms with Gasteiger partial charge in [-0.15, -0.1) is 0 Å². The molecule has 0 aromatic carbocycles. The zero-order chi connectivity index (χ0) is 17.1. The van der Waals surface area contributed by atoms with Crippen LogP contribution in [0.2, 0.25) is 0 Å². The summed E-state index contributed by atoms with van der Waals surface area (Å²) in [6, 6.07) is 0. The molecule has 23 heavy (non-hydrogen) atoms. The minimum atomic E-state index is -4.21. The monoisotopic (exact) mass is 332 g/mol. The molecule has 0 saturated heterocycles. The number of halogens is 3. The van der Waals surface area contributed by atoms with Crippen molar-refractivity contribution in [3.05, 3.63) is 18.0 Å². The van der Waals surface area contributed by atoms with Crippen molar-refractivity contribution < 1.29 is 13.2 Å².